The minimum absolute atomic E-state index is 0.00703. The number of carbonyl (C=O) groups is 1. The number of carbonyl (C=O) groups excluding carboxylic acids is 1. The first-order valence-electron chi connectivity index (χ1n) is 12.6. The number of β-amino-alcohol motifs (C(OH)–C–C–N with tert-alkyl or cyclic N) is 1. The Balaban J connectivity index is 1.13. The predicted octanol–water partition coefficient (Wildman–Crippen LogP) is 3.63. The van der Waals surface area contributed by atoms with Crippen molar-refractivity contribution in [2.75, 3.05) is 19.8 Å². The van der Waals surface area contributed by atoms with E-state index < -0.39 is 6.10 Å². The molecular formula is C28H33N3O4S. The van der Waals surface area contributed by atoms with Crippen LogP contribution >= 0.6 is 11.3 Å². The fourth-order valence-electron chi connectivity index (χ4n) is 5.06. The maximum Gasteiger partial charge on any atom is 0.222 e. The molecule has 2 aromatic carbocycles. The van der Waals surface area contributed by atoms with Gasteiger partial charge in [-0.05, 0) is 29.5 Å². The summed E-state index contributed by atoms with van der Waals surface area (Å²) in [5.74, 6) is -0.00703. The van der Waals surface area contributed by atoms with Gasteiger partial charge in [0.25, 0.3) is 0 Å². The SMILES string of the molecule is O=C(C[C@H]1CC[C@H]2[C@@H](COC[C@@H](O)CN2Cc2nccs2)O1)NCc1ccc(-c2ccccc2)cc1. The molecule has 1 aromatic heterocycles. The van der Waals surface area contributed by atoms with Gasteiger partial charge in [-0.2, -0.15) is 0 Å². The van der Waals surface area contributed by atoms with Gasteiger partial charge in [-0.15, -0.1) is 11.3 Å². The van der Waals surface area contributed by atoms with E-state index in [9.17, 15) is 9.90 Å². The molecule has 7 nitrogen and oxygen atoms in total. The molecule has 36 heavy (non-hydrogen) atoms. The van der Waals surface area contributed by atoms with Gasteiger partial charge in [0.2, 0.25) is 5.91 Å². The van der Waals surface area contributed by atoms with Crippen molar-refractivity contribution in [3.63, 3.8) is 0 Å². The quantitative estimate of drug-likeness (QED) is 0.508. The van der Waals surface area contributed by atoms with E-state index in [1.807, 2.05) is 29.8 Å². The Morgan fingerprint density at radius 1 is 1.08 bits per heavy atom. The van der Waals surface area contributed by atoms with Gasteiger partial charge in [0.05, 0.1) is 44.5 Å². The zero-order chi connectivity index (χ0) is 24.7. The average molecular weight is 508 g/mol. The monoisotopic (exact) mass is 507 g/mol. The van der Waals surface area contributed by atoms with Crippen LogP contribution in [0, 0.1) is 0 Å². The number of hydrogen-bond donors (Lipinski definition) is 2. The third-order valence-corrected chi connectivity index (χ3v) is 7.64. The van der Waals surface area contributed by atoms with Crippen LogP contribution in [0.2, 0.25) is 0 Å². The summed E-state index contributed by atoms with van der Waals surface area (Å²) in [7, 11) is 0. The van der Waals surface area contributed by atoms with E-state index in [4.69, 9.17) is 9.47 Å². The first-order valence-corrected chi connectivity index (χ1v) is 13.5. The molecule has 190 valence electrons. The molecule has 0 unspecified atom stereocenters. The second-order valence-electron chi connectivity index (χ2n) is 9.53. The molecule has 4 atom stereocenters. The Labute approximate surface area is 216 Å². The minimum Gasteiger partial charge on any atom is -0.389 e. The normalized spacial score (nSPS) is 24.9. The highest BCUT2D eigenvalue weighted by molar-refractivity contribution is 7.09. The van der Waals surface area contributed by atoms with Gasteiger partial charge in [-0.1, -0.05) is 54.6 Å². The average Bonchev–Trinajstić information content (AvgIpc) is 3.40. The van der Waals surface area contributed by atoms with Crippen LogP contribution in [-0.2, 0) is 27.4 Å². The Morgan fingerprint density at radius 3 is 2.67 bits per heavy atom. The number of ether oxygens (including phenoxy) is 2. The molecule has 2 aliphatic rings. The number of hydrogen-bond acceptors (Lipinski definition) is 7. The zero-order valence-corrected chi connectivity index (χ0v) is 21.1. The summed E-state index contributed by atoms with van der Waals surface area (Å²) in [5.41, 5.74) is 3.41. The van der Waals surface area contributed by atoms with Gasteiger partial charge in [0.15, 0.2) is 0 Å². The number of benzene rings is 2. The predicted molar refractivity (Wildman–Crippen MR) is 139 cm³/mol. The molecule has 0 radical (unpaired) electrons. The van der Waals surface area contributed by atoms with Crippen LogP contribution in [0.15, 0.2) is 66.2 Å². The summed E-state index contributed by atoms with van der Waals surface area (Å²) in [4.78, 5) is 19.4. The van der Waals surface area contributed by atoms with Crippen molar-refractivity contribution in [2.45, 2.75) is 56.7 Å². The molecule has 3 aromatic rings. The molecule has 2 fully saturated rings. The molecule has 8 heteroatoms. The fourth-order valence-corrected chi connectivity index (χ4v) is 5.70. The van der Waals surface area contributed by atoms with Crippen molar-refractivity contribution in [3.05, 3.63) is 76.7 Å². The van der Waals surface area contributed by atoms with Crippen LogP contribution in [0.5, 0.6) is 0 Å². The van der Waals surface area contributed by atoms with Gasteiger partial charge in [0, 0.05) is 30.7 Å². The largest absolute Gasteiger partial charge is 0.389 e. The van der Waals surface area contributed by atoms with E-state index in [2.05, 4.69) is 51.6 Å². The van der Waals surface area contributed by atoms with Crippen molar-refractivity contribution >= 4 is 17.2 Å². The Hall–Kier alpha value is -2.62. The minimum atomic E-state index is -0.531. The lowest BCUT2D eigenvalue weighted by atomic mass is 9.94. The summed E-state index contributed by atoms with van der Waals surface area (Å²) < 4.78 is 12.1. The van der Waals surface area contributed by atoms with Crippen LogP contribution in [-0.4, -0.2) is 65.0 Å². The van der Waals surface area contributed by atoms with Crippen molar-refractivity contribution in [2.24, 2.45) is 0 Å². The number of amides is 1. The van der Waals surface area contributed by atoms with Crippen molar-refractivity contribution in [3.8, 4) is 11.1 Å². The molecule has 0 saturated carbocycles. The molecule has 2 saturated heterocycles. The van der Waals surface area contributed by atoms with Crippen molar-refractivity contribution < 1.29 is 19.4 Å². The summed E-state index contributed by atoms with van der Waals surface area (Å²) in [5, 5.41) is 16.4. The maximum atomic E-state index is 12.7. The van der Waals surface area contributed by atoms with Crippen LogP contribution in [0.25, 0.3) is 11.1 Å². The number of fused-ring (bicyclic) bond motifs is 1. The van der Waals surface area contributed by atoms with Gasteiger partial charge < -0.3 is 19.9 Å². The lowest BCUT2D eigenvalue weighted by Crippen LogP contribution is -2.55. The third kappa shape index (κ3) is 6.57. The van der Waals surface area contributed by atoms with Gasteiger partial charge in [0.1, 0.15) is 5.01 Å². The Bertz CT molecular complexity index is 1090. The van der Waals surface area contributed by atoms with Crippen LogP contribution in [0.4, 0.5) is 0 Å². The molecule has 3 heterocycles. The van der Waals surface area contributed by atoms with Crippen LogP contribution in [0.3, 0.4) is 0 Å². The number of rotatable bonds is 7. The topological polar surface area (TPSA) is 83.9 Å². The van der Waals surface area contributed by atoms with E-state index in [0.29, 0.717) is 32.7 Å². The highest BCUT2D eigenvalue weighted by Crippen LogP contribution is 2.29. The van der Waals surface area contributed by atoms with E-state index >= 15 is 0 Å². The number of aliphatic hydroxyl groups is 1. The van der Waals surface area contributed by atoms with Gasteiger partial charge in [-0.3, -0.25) is 9.69 Å². The molecule has 5 rings (SSSR count). The van der Waals surface area contributed by atoms with E-state index in [0.717, 1.165) is 29.0 Å². The first-order chi connectivity index (χ1) is 17.6. The molecule has 2 N–H and O–H groups in total. The summed E-state index contributed by atoms with van der Waals surface area (Å²) in [6, 6.07) is 18.7. The Morgan fingerprint density at radius 2 is 1.89 bits per heavy atom. The highest BCUT2D eigenvalue weighted by atomic mass is 32.1. The fraction of sp³-hybridized carbons (Fsp3) is 0.429. The molecule has 1 amide bonds. The molecule has 0 bridgehead atoms. The first kappa shape index (κ1) is 25.0. The number of aliphatic hydroxyl groups excluding tert-OH is 1. The number of nitrogens with one attached hydrogen (secondary N) is 1. The van der Waals surface area contributed by atoms with Gasteiger partial charge in [-0.25, -0.2) is 4.98 Å². The van der Waals surface area contributed by atoms with Crippen molar-refractivity contribution in [1.82, 2.24) is 15.2 Å². The van der Waals surface area contributed by atoms with E-state index in [1.165, 1.54) is 5.56 Å². The number of thiazole rings is 1. The lowest BCUT2D eigenvalue weighted by molar-refractivity contribution is -0.158. The van der Waals surface area contributed by atoms with Crippen LogP contribution < -0.4 is 5.32 Å². The van der Waals surface area contributed by atoms with Crippen LogP contribution in [0.1, 0.15) is 29.8 Å². The summed E-state index contributed by atoms with van der Waals surface area (Å²) in [6.07, 6.45) is 3.04. The van der Waals surface area contributed by atoms with E-state index in [1.54, 1.807) is 11.3 Å². The third-order valence-electron chi connectivity index (χ3n) is 6.87. The lowest BCUT2D eigenvalue weighted by Gasteiger charge is -2.44. The zero-order valence-electron chi connectivity index (χ0n) is 20.3. The van der Waals surface area contributed by atoms with Gasteiger partial charge >= 0.3 is 0 Å². The van der Waals surface area contributed by atoms with E-state index in [-0.39, 0.29) is 30.8 Å². The van der Waals surface area contributed by atoms with Crippen molar-refractivity contribution in [1.29, 1.82) is 0 Å². The molecule has 2 aliphatic heterocycles. The number of aromatic nitrogens is 1. The highest BCUT2D eigenvalue weighted by Gasteiger charge is 2.38. The second-order valence-corrected chi connectivity index (χ2v) is 10.5. The molecular weight excluding hydrogens is 474 g/mol. The number of nitrogens with zero attached hydrogens (tertiary/aromatic N) is 2. The Kier molecular flexibility index (Phi) is 8.40. The molecule has 0 aliphatic carbocycles. The molecule has 0 spiro atoms. The summed E-state index contributed by atoms with van der Waals surface area (Å²) >= 11 is 1.62. The second kappa shape index (κ2) is 12.1. The maximum absolute atomic E-state index is 12.7. The smallest absolute Gasteiger partial charge is 0.222 e. The standard InChI is InChI=1S/C28H33N3O4S/c32-23-16-31(17-28-29-12-13-36-28)25-11-10-24(35-26(25)19-34-18-23)14-27(33)30-15-20-6-8-22(9-7-20)21-4-2-1-3-5-21/h1-9,12-13,23-26,32H,10-11,14-19H2,(H,30,33)/t23-,24+,25-,26+/m0/s1. The summed E-state index contributed by atoms with van der Waals surface area (Å²) in [6.45, 7) is 2.41.